The lowest BCUT2D eigenvalue weighted by atomic mass is 10.2. The van der Waals surface area contributed by atoms with E-state index in [-0.39, 0.29) is 29.2 Å². The standard InChI is InChI=1S/C15H14O3.C14H12O3/c16-14-9-5-4-8-13(14)15(17)18-11-10-12-6-2-1-3-7-12;15-13-9-5-4-8-12(13)14(16)17-10-11-6-2-1-3-7-11/h1-9,16H,10-11H2;1-9,15H,10H2. The number of rotatable bonds is 7. The summed E-state index contributed by atoms with van der Waals surface area (Å²) < 4.78 is 10.2. The fraction of sp³-hybridized carbons (Fsp3) is 0.103. The summed E-state index contributed by atoms with van der Waals surface area (Å²) in [6.45, 7) is 0.505. The van der Waals surface area contributed by atoms with Crippen molar-refractivity contribution in [3.63, 3.8) is 0 Å². The molecule has 0 radical (unpaired) electrons. The molecule has 0 fully saturated rings. The summed E-state index contributed by atoms with van der Waals surface area (Å²) in [5, 5.41) is 19.0. The van der Waals surface area contributed by atoms with E-state index in [4.69, 9.17) is 9.47 Å². The van der Waals surface area contributed by atoms with Crippen LogP contribution in [0.15, 0.2) is 109 Å². The summed E-state index contributed by atoms with van der Waals surface area (Å²) in [4.78, 5) is 23.3. The van der Waals surface area contributed by atoms with Gasteiger partial charge >= 0.3 is 11.9 Å². The molecule has 0 saturated heterocycles. The Bertz CT molecular complexity index is 1220. The third-order valence-corrected chi connectivity index (χ3v) is 4.93. The second-order valence-corrected chi connectivity index (χ2v) is 7.47. The van der Waals surface area contributed by atoms with E-state index in [1.165, 1.54) is 18.2 Å². The molecule has 0 saturated carbocycles. The Labute approximate surface area is 204 Å². The zero-order valence-corrected chi connectivity index (χ0v) is 19.0. The largest absolute Gasteiger partial charge is 0.507 e. The van der Waals surface area contributed by atoms with Gasteiger partial charge in [0.15, 0.2) is 0 Å². The number of carbonyl (C=O) groups is 2. The first-order chi connectivity index (χ1) is 17.0. The van der Waals surface area contributed by atoms with E-state index in [9.17, 15) is 19.8 Å². The van der Waals surface area contributed by atoms with Crippen molar-refractivity contribution >= 4 is 11.9 Å². The molecule has 0 aliphatic carbocycles. The van der Waals surface area contributed by atoms with Crippen molar-refractivity contribution in [2.45, 2.75) is 13.0 Å². The van der Waals surface area contributed by atoms with Gasteiger partial charge in [-0.2, -0.15) is 0 Å². The second kappa shape index (κ2) is 13.2. The van der Waals surface area contributed by atoms with Crippen LogP contribution in [0.25, 0.3) is 0 Å². The predicted octanol–water partition coefficient (Wildman–Crippen LogP) is 5.54. The fourth-order valence-corrected chi connectivity index (χ4v) is 3.08. The van der Waals surface area contributed by atoms with Crippen molar-refractivity contribution in [3.05, 3.63) is 131 Å². The van der Waals surface area contributed by atoms with Crippen LogP contribution in [0.1, 0.15) is 31.8 Å². The molecule has 0 heterocycles. The fourth-order valence-electron chi connectivity index (χ4n) is 3.08. The Hall–Kier alpha value is -4.58. The molecular formula is C29H26O6. The minimum atomic E-state index is -0.521. The van der Waals surface area contributed by atoms with Gasteiger partial charge in [-0.25, -0.2) is 9.59 Å². The lowest BCUT2D eigenvalue weighted by molar-refractivity contribution is 0.0467. The first-order valence-corrected chi connectivity index (χ1v) is 11.0. The van der Waals surface area contributed by atoms with Gasteiger partial charge in [0.25, 0.3) is 0 Å². The number of esters is 2. The molecule has 0 atom stereocenters. The smallest absolute Gasteiger partial charge is 0.342 e. The van der Waals surface area contributed by atoms with Gasteiger partial charge in [-0.15, -0.1) is 0 Å². The summed E-state index contributed by atoms with van der Waals surface area (Å²) in [6.07, 6.45) is 0.667. The van der Waals surface area contributed by atoms with Crippen LogP contribution in [0.3, 0.4) is 0 Å². The molecule has 0 spiro atoms. The predicted molar refractivity (Wildman–Crippen MR) is 132 cm³/mol. The maximum absolute atomic E-state index is 11.7. The highest BCUT2D eigenvalue weighted by molar-refractivity contribution is 5.92. The van der Waals surface area contributed by atoms with Crippen molar-refractivity contribution in [3.8, 4) is 11.5 Å². The van der Waals surface area contributed by atoms with Gasteiger partial charge in [0.05, 0.1) is 6.61 Å². The molecule has 6 heteroatoms. The van der Waals surface area contributed by atoms with Crippen LogP contribution in [0, 0.1) is 0 Å². The SMILES string of the molecule is O=C(OCCc1ccccc1)c1ccccc1O.O=C(OCc1ccccc1)c1ccccc1O. The Morgan fingerprint density at radius 3 is 1.49 bits per heavy atom. The average molecular weight is 471 g/mol. The van der Waals surface area contributed by atoms with Crippen LogP contribution in [0.4, 0.5) is 0 Å². The lowest BCUT2D eigenvalue weighted by Gasteiger charge is -2.06. The van der Waals surface area contributed by atoms with E-state index in [0.29, 0.717) is 13.0 Å². The summed E-state index contributed by atoms with van der Waals surface area (Å²) in [7, 11) is 0. The van der Waals surface area contributed by atoms with E-state index in [0.717, 1.165) is 11.1 Å². The van der Waals surface area contributed by atoms with Gasteiger partial charge in [-0.05, 0) is 35.4 Å². The van der Waals surface area contributed by atoms with E-state index >= 15 is 0 Å². The lowest BCUT2D eigenvalue weighted by Crippen LogP contribution is -2.08. The molecule has 0 aliphatic heterocycles. The first-order valence-electron chi connectivity index (χ1n) is 11.0. The van der Waals surface area contributed by atoms with Crippen LogP contribution in [-0.2, 0) is 22.5 Å². The zero-order valence-electron chi connectivity index (χ0n) is 19.0. The van der Waals surface area contributed by atoms with E-state index in [1.807, 2.05) is 60.7 Å². The van der Waals surface area contributed by atoms with Crippen LogP contribution in [0.5, 0.6) is 11.5 Å². The Morgan fingerprint density at radius 1 is 0.543 bits per heavy atom. The normalized spacial score (nSPS) is 9.94. The maximum Gasteiger partial charge on any atom is 0.342 e. The molecule has 0 aliphatic rings. The molecule has 2 N–H and O–H groups in total. The molecule has 178 valence electrons. The zero-order chi connectivity index (χ0) is 24.9. The van der Waals surface area contributed by atoms with Gasteiger partial charge in [0, 0.05) is 6.42 Å². The van der Waals surface area contributed by atoms with Crippen molar-refractivity contribution in [2.75, 3.05) is 6.61 Å². The van der Waals surface area contributed by atoms with Gasteiger partial charge in [0.1, 0.15) is 29.2 Å². The minimum absolute atomic E-state index is 0.0535. The Kier molecular flexibility index (Phi) is 9.45. The molecule has 0 unspecified atom stereocenters. The quantitative estimate of drug-likeness (QED) is 0.345. The second-order valence-electron chi connectivity index (χ2n) is 7.47. The van der Waals surface area contributed by atoms with Crippen molar-refractivity contribution in [1.29, 1.82) is 0 Å². The number of ether oxygens (including phenoxy) is 2. The highest BCUT2D eigenvalue weighted by Gasteiger charge is 2.12. The summed E-state index contributed by atoms with van der Waals surface area (Å²) in [5.74, 6) is -1.14. The molecule has 4 aromatic carbocycles. The topological polar surface area (TPSA) is 93.1 Å². The van der Waals surface area contributed by atoms with Crippen molar-refractivity contribution < 1.29 is 29.3 Å². The molecular weight excluding hydrogens is 444 g/mol. The Balaban J connectivity index is 0.000000196. The molecule has 4 aromatic rings. The molecule has 35 heavy (non-hydrogen) atoms. The van der Waals surface area contributed by atoms with Crippen LogP contribution < -0.4 is 0 Å². The summed E-state index contributed by atoms with van der Waals surface area (Å²) in [6, 6.07) is 31.9. The van der Waals surface area contributed by atoms with Gasteiger partial charge in [0.2, 0.25) is 0 Å². The highest BCUT2D eigenvalue weighted by Crippen LogP contribution is 2.18. The van der Waals surface area contributed by atoms with E-state index < -0.39 is 11.9 Å². The third-order valence-electron chi connectivity index (χ3n) is 4.93. The van der Waals surface area contributed by atoms with Crippen LogP contribution >= 0.6 is 0 Å². The molecule has 4 rings (SSSR count). The minimum Gasteiger partial charge on any atom is -0.507 e. The van der Waals surface area contributed by atoms with Gasteiger partial charge in [-0.3, -0.25) is 0 Å². The molecule has 0 aromatic heterocycles. The number of aromatic hydroxyl groups is 2. The summed E-state index contributed by atoms with van der Waals surface area (Å²) in [5.41, 5.74) is 2.41. The van der Waals surface area contributed by atoms with Gasteiger partial charge in [-0.1, -0.05) is 84.9 Å². The number of para-hydroxylation sites is 2. The Morgan fingerprint density at radius 2 is 0.971 bits per heavy atom. The number of phenols is 2. The average Bonchev–Trinajstić information content (AvgIpc) is 2.89. The number of benzene rings is 4. The molecule has 6 nitrogen and oxygen atoms in total. The summed E-state index contributed by atoms with van der Waals surface area (Å²) >= 11 is 0. The highest BCUT2D eigenvalue weighted by atomic mass is 16.5. The third kappa shape index (κ3) is 8.05. The number of hydrogen-bond acceptors (Lipinski definition) is 6. The molecule has 0 bridgehead atoms. The van der Waals surface area contributed by atoms with E-state index in [2.05, 4.69) is 0 Å². The van der Waals surface area contributed by atoms with Crippen LogP contribution in [0.2, 0.25) is 0 Å². The first kappa shape index (κ1) is 25.1. The van der Waals surface area contributed by atoms with E-state index in [1.54, 1.807) is 30.3 Å². The van der Waals surface area contributed by atoms with Gasteiger partial charge < -0.3 is 19.7 Å². The number of phenolic OH excluding ortho intramolecular Hbond substituents is 2. The van der Waals surface area contributed by atoms with Crippen LogP contribution in [-0.4, -0.2) is 28.8 Å². The van der Waals surface area contributed by atoms with Crippen molar-refractivity contribution in [2.24, 2.45) is 0 Å². The maximum atomic E-state index is 11.7. The molecule has 0 amide bonds. The monoisotopic (exact) mass is 470 g/mol. The van der Waals surface area contributed by atoms with Crippen molar-refractivity contribution in [1.82, 2.24) is 0 Å². The number of hydrogen-bond donors (Lipinski definition) is 2. The number of carbonyl (C=O) groups excluding carboxylic acids is 2.